The summed E-state index contributed by atoms with van der Waals surface area (Å²) in [6, 6.07) is 6.42. The number of primary amides is 1. The molecule has 1 aromatic carbocycles. The van der Waals surface area contributed by atoms with Gasteiger partial charge in [-0.15, -0.1) is 5.10 Å². The minimum atomic E-state index is -3.18. The van der Waals surface area contributed by atoms with Gasteiger partial charge < -0.3 is 15.8 Å². The summed E-state index contributed by atoms with van der Waals surface area (Å²) in [5.74, 6) is -2.38. The number of carbonyl (C=O) groups is 2. The second-order valence-corrected chi connectivity index (χ2v) is 6.85. The van der Waals surface area contributed by atoms with Gasteiger partial charge in [0.15, 0.2) is 5.82 Å². The summed E-state index contributed by atoms with van der Waals surface area (Å²) in [4.78, 5) is 28.6. The molecular formula is C17H10Cl3F2N5O3. The van der Waals surface area contributed by atoms with Crippen LogP contribution < -0.4 is 15.8 Å². The van der Waals surface area contributed by atoms with Gasteiger partial charge in [0, 0.05) is 17.3 Å². The average molecular weight is 477 g/mol. The molecule has 0 aliphatic carbocycles. The van der Waals surface area contributed by atoms with E-state index in [0.29, 0.717) is 0 Å². The summed E-state index contributed by atoms with van der Waals surface area (Å²) >= 11 is 18.0. The maximum absolute atomic E-state index is 12.9. The smallest absolute Gasteiger partial charge is 0.388 e. The van der Waals surface area contributed by atoms with Crippen molar-refractivity contribution in [1.82, 2.24) is 14.8 Å². The van der Waals surface area contributed by atoms with Gasteiger partial charge in [-0.1, -0.05) is 34.8 Å². The molecule has 8 nitrogen and oxygen atoms in total. The van der Waals surface area contributed by atoms with E-state index in [-0.39, 0.29) is 37.8 Å². The van der Waals surface area contributed by atoms with Crippen LogP contribution in [0.15, 0.2) is 36.5 Å². The molecule has 30 heavy (non-hydrogen) atoms. The number of halogens is 5. The molecule has 13 heteroatoms. The van der Waals surface area contributed by atoms with Crippen LogP contribution in [0.5, 0.6) is 5.88 Å². The van der Waals surface area contributed by atoms with E-state index in [1.165, 1.54) is 30.5 Å². The van der Waals surface area contributed by atoms with Gasteiger partial charge in [0.05, 0.1) is 21.3 Å². The number of pyridine rings is 1. The Kier molecular flexibility index (Phi) is 6.40. The number of anilines is 1. The summed E-state index contributed by atoms with van der Waals surface area (Å²) in [6.07, 6.45) is 1.36. The number of benzene rings is 1. The molecule has 0 atom stereocenters. The fourth-order valence-electron chi connectivity index (χ4n) is 2.44. The van der Waals surface area contributed by atoms with E-state index in [0.717, 1.165) is 10.7 Å². The molecule has 0 aliphatic rings. The zero-order valence-electron chi connectivity index (χ0n) is 14.6. The maximum atomic E-state index is 12.9. The summed E-state index contributed by atoms with van der Waals surface area (Å²) in [6.45, 7) is -3.18. The number of rotatable bonds is 6. The molecule has 0 aliphatic heterocycles. The van der Waals surface area contributed by atoms with Crippen LogP contribution in [0.2, 0.25) is 15.1 Å². The third-order valence-corrected chi connectivity index (χ3v) is 4.44. The van der Waals surface area contributed by atoms with Crippen LogP contribution >= 0.6 is 34.8 Å². The van der Waals surface area contributed by atoms with Crippen molar-refractivity contribution in [3.63, 3.8) is 0 Å². The van der Waals surface area contributed by atoms with Crippen molar-refractivity contribution in [3.05, 3.63) is 62.9 Å². The van der Waals surface area contributed by atoms with Crippen molar-refractivity contribution in [3.8, 4) is 11.7 Å². The predicted octanol–water partition coefficient (Wildman–Crippen LogP) is 4.18. The highest BCUT2D eigenvalue weighted by molar-refractivity contribution is 6.38. The number of nitrogens with one attached hydrogen (secondary N) is 1. The first-order valence-corrected chi connectivity index (χ1v) is 9.06. The maximum Gasteiger partial charge on any atom is 0.388 e. The Balaban J connectivity index is 2.08. The van der Waals surface area contributed by atoms with E-state index in [9.17, 15) is 18.4 Å². The van der Waals surface area contributed by atoms with Crippen LogP contribution in [0.3, 0.4) is 0 Å². The molecule has 2 aromatic heterocycles. The van der Waals surface area contributed by atoms with Crippen molar-refractivity contribution < 1.29 is 23.1 Å². The van der Waals surface area contributed by atoms with Crippen LogP contribution in [0, 0.1) is 0 Å². The van der Waals surface area contributed by atoms with Crippen molar-refractivity contribution in [2.75, 3.05) is 5.32 Å². The summed E-state index contributed by atoms with van der Waals surface area (Å²) in [7, 11) is 0. The first kappa shape index (κ1) is 21.8. The number of carbonyl (C=O) groups excluding carboxylic acids is 2. The minimum Gasteiger partial charge on any atom is -0.415 e. The molecule has 0 unspecified atom stereocenters. The number of alkyl halides is 2. The highest BCUT2D eigenvalue weighted by atomic mass is 35.5. The minimum absolute atomic E-state index is 0.0224. The molecule has 0 spiro atoms. The number of ether oxygens (including phenoxy) is 1. The number of hydrogen-bond donors (Lipinski definition) is 2. The van der Waals surface area contributed by atoms with Crippen LogP contribution in [0.4, 0.5) is 14.5 Å². The standard InChI is InChI=1S/C17H10Cl3F2N5O3/c18-7-4-8(14(23)28)13(10(20)5-7)25-16(29)11-6-12(30-17(21)22)26-27(11)15-9(19)2-1-3-24-15/h1-6,17H,(H2,23,28)(H,25,29). The van der Waals surface area contributed by atoms with E-state index in [2.05, 4.69) is 20.1 Å². The normalized spacial score (nSPS) is 10.9. The van der Waals surface area contributed by atoms with Crippen molar-refractivity contribution >= 4 is 52.3 Å². The lowest BCUT2D eigenvalue weighted by Crippen LogP contribution is -2.21. The lowest BCUT2D eigenvalue weighted by molar-refractivity contribution is -0.0530. The van der Waals surface area contributed by atoms with Crippen LogP contribution in [-0.4, -0.2) is 33.2 Å². The monoisotopic (exact) mass is 475 g/mol. The van der Waals surface area contributed by atoms with Gasteiger partial charge in [-0.3, -0.25) is 9.59 Å². The first-order valence-electron chi connectivity index (χ1n) is 7.93. The van der Waals surface area contributed by atoms with E-state index < -0.39 is 24.3 Å². The molecule has 0 fully saturated rings. The molecule has 3 aromatic rings. The number of aromatic nitrogens is 3. The Bertz CT molecular complexity index is 1140. The molecule has 0 radical (unpaired) electrons. The average Bonchev–Trinajstić information content (AvgIpc) is 3.06. The Morgan fingerprint density at radius 1 is 1.17 bits per heavy atom. The second-order valence-electron chi connectivity index (χ2n) is 5.60. The number of nitrogens with zero attached hydrogens (tertiary/aromatic N) is 3. The molecule has 156 valence electrons. The van der Waals surface area contributed by atoms with E-state index in [4.69, 9.17) is 40.5 Å². The third kappa shape index (κ3) is 4.61. The highest BCUT2D eigenvalue weighted by Gasteiger charge is 2.24. The molecule has 0 saturated carbocycles. The van der Waals surface area contributed by atoms with E-state index in [1.807, 2.05) is 0 Å². The number of hydrogen-bond acceptors (Lipinski definition) is 5. The summed E-state index contributed by atoms with van der Waals surface area (Å²) in [5.41, 5.74) is 4.74. The zero-order valence-corrected chi connectivity index (χ0v) is 16.8. The first-order chi connectivity index (χ1) is 14.2. The zero-order chi connectivity index (χ0) is 22.0. The van der Waals surface area contributed by atoms with E-state index in [1.54, 1.807) is 0 Å². The topological polar surface area (TPSA) is 112 Å². The lowest BCUT2D eigenvalue weighted by atomic mass is 10.1. The van der Waals surface area contributed by atoms with Gasteiger partial charge in [0.25, 0.3) is 11.8 Å². The fourth-order valence-corrected chi connectivity index (χ4v) is 3.18. The summed E-state index contributed by atoms with van der Waals surface area (Å²) in [5, 5.41) is 6.32. The lowest BCUT2D eigenvalue weighted by Gasteiger charge is -2.12. The van der Waals surface area contributed by atoms with Gasteiger partial charge in [0.1, 0.15) is 5.69 Å². The number of nitrogens with two attached hydrogens (primary N) is 1. The van der Waals surface area contributed by atoms with Crippen LogP contribution in [0.25, 0.3) is 5.82 Å². The molecular weight excluding hydrogens is 467 g/mol. The molecule has 0 bridgehead atoms. The molecule has 3 rings (SSSR count). The predicted molar refractivity (Wildman–Crippen MR) is 106 cm³/mol. The molecule has 0 saturated heterocycles. The van der Waals surface area contributed by atoms with Gasteiger partial charge in [-0.2, -0.15) is 8.78 Å². The quantitative estimate of drug-likeness (QED) is 0.554. The fraction of sp³-hybridized carbons (Fsp3) is 0.0588. The van der Waals surface area contributed by atoms with Crippen LogP contribution in [0.1, 0.15) is 20.8 Å². The molecule has 2 amide bonds. The molecule has 2 heterocycles. The SMILES string of the molecule is NC(=O)c1cc(Cl)cc(Cl)c1NC(=O)c1cc(OC(F)F)nn1-c1ncccc1Cl. The third-order valence-electron chi connectivity index (χ3n) is 3.63. The van der Waals surface area contributed by atoms with Gasteiger partial charge >= 0.3 is 6.61 Å². The largest absolute Gasteiger partial charge is 0.415 e. The van der Waals surface area contributed by atoms with E-state index >= 15 is 0 Å². The Labute approximate surface area is 182 Å². The van der Waals surface area contributed by atoms with Gasteiger partial charge in [-0.05, 0) is 24.3 Å². The Morgan fingerprint density at radius 3 is 2.53 bits per heavy atom. The number of amides is 2. The molecule has 3 N–H and O–H groups in total. The van der Waals surface area contributed by atoms with Crippen molar-refractivity contribution in [1.29, 1.82) is 0 Å². The summed E-state index contributed by atoms with van der Waals surface area (Å²) < 4.78 is 30.4. The van der Waals surface area contributed by atoms with Crippen molar-refractivity contribution in [2.24, 2.45) is 5.73 Å². The van der Waals surface area contributed by atoms with Crippen LogP contribution in [-0.2, 0) is 0 Å². The highest BCUT2D eigenvalue weighted by Crippen LogP contribution is 2.31. The van der Waals surface area contributed by atoms with Gasteiger partial charge in [0.2, 0.25) is 5.88 Å². The van der Waals surface area contributed by atoms with Gasteiger partial charge in [-0.25, -0.2) is 9.67 Å². The Hall–Kier alpha value is -2.95. The second kappa shape index (κ2) is 8.82. The van der Waals surface area contributed by atoms with Crippen molar-refractivity contribution in [2.45, 2.75) is 6.61 Å². The Morgan fingerprint density at radius 2 is 1.90 bits per heavy atom.